The van der Waals surface area contributed by atoms with E-state index in [0.29, 0.717) is 11.4 Å². The number of nitrogens with zero attached hydrogens (tertiary/aromatic N) is 5. The average molecular weight is 339 g/mol. The average Bonchev–Trinajstić information content (AvgIpc) is 3.17. The third-order valence-corrected chi connectivity index (χ3v) is 4.18. The Bertz CT molecular complexity index is 802. The van der Waals surface area contributed by atoms with E-state index in [0.717, 1.165) is 10.6 Å². The Hall–Kier alpha value is -2.16. The Morgan fingerprint density at radius 2 is 2.00 bits per heavy atom. The Morgan fingerprint density at radius 1 is 1.22 bits per heavy atom. The van der Waals surface area contributed by atoms with Crippen molar-refractivity contribution in [2.75, 3.05) is 0 Å². The largest absolute Gasteiger partial charge is 0.414 e. The van der Waals surface area contributed by atoms with E-state index in [1.165, 1.54) is 11.3 Å². The molecule has 23 heavy (non-hydrogen) atoms. The van der Waals surface area contributed by atoms with Gasteiger partial charge >= 0.3 is 6.43 Å². The predicted octanol–water partition coefficient (Wildman–Crippen LogP) is 3.67. The van der Waals surface area contributed by atoms with Crippen LogP contribution in [-0.4, -0.2) is 25.2 Å². The Balaban J connectivity index is 1.75. The molecule has 0 atom stereocenters. The molecule has 0 fully saturated rings. The third kappa shape index (κ3) is 3.44. The summed E-state index contributed by atoms with van der Waals surface area (Å²) in [6.45, 7) is 6.76. The van der Waals surface area contributed by atoms with Crippen molar-refractivity contribution in [3.63, 3.8) is 0 Å². The van der Waals surface area contributed by atoms with Gasteiger partial charge < -0.3 is 4.42 Å². The molecule has 3 heterocycles. The summed E-state index contributed by atoms with van der Waals surface area (Å²) in [5.74, 6) is -0.563. The maximum Gasteiger partial charge on any atom is 0.314 e. The fourth-order valence-electron chi connectivity index (χ4n) is 1.88. The monoisotopic (exact) mass is 339 g/mol. The first-order valence-corrected chi connectivity index (χ1v) is 7.76. The van der Waals surface area contributed by atoms with Crippen LogP contribution in [0.4, 0.5) is 8.78 Å². The highest BCUT2D eigenvalue weighted by Gasteiger charge is 2.19. The normalized spacial score (nSPS) is 12.3. The van der Waals surface area contributed by atoms with Crippen molar-refractivity contribution in [1.29, 1.82) is 0 Å². The van der Waals surface area contributed by atoms with Gasteiger partial charge in [-0.3, -0.25) is 0 Å². The van der Waals surface area contributed by atoms with Gasteiger partial charge in [0.05, 0.1) is 17.1 Å². The molecule has 0 N–H and O–H groups in total. The van der Waals surface area contributed by atoms with E-state index in [9.17, 15) is 8.78 Å². The summed E-state index contributed by atoms with van der Waals surface area (Å²) in [7, 11) is 0. The number of rotatable bonds is 4. The van der Waals surface area contributed by atoms with Crippen molar-refractivity contribution in [1.82, 2.24) is 25.2 Å². The zero-order valence-corrected chi connectivity index (χ0v) is 13.6. The van der Waals surface area contributed by atoms with Crippen LogP contribution < -0.4 is 0 Å². The van der Waals surface area contributed by atoms with Crippen LogP contribution in [0, 0.1) is 0 Å². The van der Waals surface area contributed by atoms with Gasteiger partial charge in [0.2, 0.25) is 0 Å². The van der Waals surface area contributed by atoms with E-state index in [-0.39, 0.29) is 11.3 Å². The van der Waals surface area contributed by atoms with E-state index in [4.69, 9.17) is 4.42 Å². The predicted molar refractivity (Wildman–Crippen MR) is 80.4 cm³/mol. The molecule has 0 aliphatic carbocycles. The highest BCUT2D eigenvalue weighted by atomic mass is 32.1. The van der Waals surface area contributed by atoms with Gasteiger partial charge in [0, 0.05) is 16.5 Å². The SMILES string of the molecule is CC(C)(C)c1cn(Cc2ccc(-c3nnc(C(F)F)o3)s2)nn1. The molecule has 0 amide bonds. The van der Waals surface area contributed by atoms with Crippen LogP contribution in [0.5, 0.6) is 0 Å². The second-order valence-electron chi connectivity index (χ2n) is 6.06. The van der Waals surface area contributed by atoms with E-state index in [1.807, 2.05) is 12.3 Å². The van der Waals surface area contributed by atoms with Crippen molar-refractivity contribution in [3.8, 4) is 10.8 Å². The lowest BCUT2D eigenvalue weighted by Gasteiger charge is -2.12. The smallest absolute Gasteiger partial charge is 0.314 e. The molecule has 0 saturated heterocycles. The fraction of sp³-hybridized carbons (Fsp3) is 0.429. The molecule has 3 aromatic rings. The fourth-order valence-corrected chi connectivity index (χ4v) is 2.80. The number of halogens is 2. The van der Waals surface area contributed by atoms with Crippen LogP contribution in [0.15, 0.2) is 22.7 Å². The molecular weight excluding hydrogens is 324 g/mol. The van der Waals surface area contributed by atoms with Crippen molar-refractivity contribution < 1.29 is 13.2 Å². The molecule has 9 heteroatoms. The molecule has 6 nitrogen and oxygen atoms in total. The number of alkyl halides is 2. The van der Waals surface area contributed by atoms with Gasteiger partial charge in [-0.1, -0.05) is 26.0 Å². The van der Waals surface area contributed by atoms with Gasteiger partial charge in [-0.15, -0.1) is 26.6 Å². The van der Waals surface area contributed by atoms with Gasteiger partial charge in [-0.25, -0.2) is 4.68 Å². The van der Waals surface area contributed by atoms with Gasteiger partial charge in [0.25, 0.3) is 11.8 Å². The Labute approximate surface area is 135 Å². The maximum absolute atomic E-state index is 12.5. The topological polar surface area (TPSA) is 69.6 Å². The summed E-state index contributed by atoms with van der Waals surface area (Å²) in [5.41, 5.74) is 0.849. The van der Waals surface area contributed by atoms with Crippen LogP contribution in [0.3, 0.4) is 0 Å². The van der Waals surface area contributed by atoms with Gasteiger partial charge in [0.1, 0.15) is 0 Å². The first kappa shape index (κ1) is 15.7. The molecule has 122 valence electrons. The third-order valence-electron chi connectivity index (χ3n) is 3.12. The zero-order valence-electron chi connectivity index (χ0n) is 12.8. The molecule has 0 bridgehead atoms. The second-order valence-corrected chi connectivity index (χ2v) is 7.23. The standard InChI is InChI=1S/C14H15F2N5OS/c1-14(2,3)10-7-21(20-17-10)6-8-4-5-9(23-8)12-18-19-13(22-12)11(15)16/h4-5,7,11H,6H2,1-3H3. The molecule has 3 rings (SSSR count). The van der Waals surface area contributed by atoms with Crippen LogP contribution in [0.25, 0.3) is 10.8 Å². The maximum atomic E-state index is 12.5. The lowest BCUT2D eigenvalue weighted by Crippen LogP contribution is -2.11. The lowest BCUT2D eigenvalue weighted by atomic mass is 9.93. The summed E-state index contributed by atoms with van der Waals surface area (Å²) in [6.07, 6.45) is -0.859. The molecule has 0 saturated carbocycles. The summed E-state index contributed by atoms with van der Waals surface area (Å²) in [4.78, 5) is 1.64. The van der Waals surface area contributed by atoms with Crippen LogP contribution in [0.1, 0.15) is 43.7 Å². The highest BCUT2D eigenvalue weighted by molar-refractivity contribution is 7.15. The van der Waals surface area contributed by atoms with Crippen LogP contribution in [0.2, 0.25) is 0 Å². The number of hydrogen-bond acceptors (Lipinski definition) is 6. The second kappa shape index (κ2) is 5.80. The van der Waals surface area contributed by atoms with Crippen molar-refractivity contribution >= 4 is 11.3 Å². The molecule has 0 unspecified atom stereocenters. The zero-order chi connectivity index (χ0) is 16.6. The van der Waals surface area contributed by atoms with E-state index >= 15 is 0 Å². The molecule has 0 radical (unpaired) electrons. The summed E-state index contributed by atoms with van der Waals surface area (Å²) in [5, 5.41) is 15.2. The van der Waals surface area contributed by atoms with Gasteiger partial charge in [-0.2, -0.15) is 8.78 Å². The minimum atomic E-state index is -2.76. The van der Waals surface area contributed by atoms with Crippen LogP contribution in [-0.2, 0) is 12.0 Å². The Kier molecular flexibility index (Phi) is 3.97. The van der Waals surface area contributed by atoms with Crippen molar-refractivity contribution in [2.45, 2.75) is 39.2 Å². The van der Waals surface area contributed by atoms with Crippen molar-refractivity contribution in [2.24, 2.45) is 0 Å². The first-order chi connectivity index (χ1) is 10.8. The Morgan fingerprint density at radius 3 is 2.61 bits per heavy atom. The quantitative estimate of drug-likeness (QED) is 0.725. The number of thiophene rings is 1. The van der Waals surface area contributed by atoms with E-state index in [1.54, 1.807) is 10.7 Å². The van der Waals surface area contributed by atoms with E-state index in [2.05, 4.69) is 41.3 Å². The molecular formula is C14H15F2N5OS. The first-order valence-electron chi connectivity index (χ1n) is 6.94. The molecule has 3 aromatic heterocycles. The van der Waals surface area contributed by atoms with Crippen LogP contribution >= 0.6 is 11.3 Å². The van der Waals surface area contributed by atoms with Crippen molar-refractivity contribution in [3.05, 3.63) is 34.8 Å². The lowest BCUT2D eigenvalue weighted by molar-refractivity contribution is 0.116. The molecule has 0 aromatic carbocycles. The van der Waals surface area contributed by atoms with E-state index < -0.39 is 12.3 Å². The summed E-state index contributed by atoms with van der Waals surface area (Å²) in [6, 6.07) is 3.65. The molecule has 0 aliphatic heterocycles. The molecule has 0 spiro atoms. The highest BCUT2D eigenvalue weighted by Crippen LogP contribution is 2.29. The number of aromatic nitrogens is 5. The minimum absolute atomic E-state index is 0.0612. The summed E-state index contributed by atoms with van der Waals surface area (Å²) < 4.78 is 31.6. The number of hydrogen-bond donors (Lipinski definition) is 0. The molecule has 0 aliphatic rings. The van der Waals surface area contributed by atoms with Gasteiger partial charge in [0.15, 0.2) is 0 Å². The summed E-state index contributed by atoms with van der Waals surface area (Å²) >= 11 is 1.39. The minimum Gasteiger partial charge on any atom is -0.414 e. The van der Waals surface area contributed by atoms with Gasteiger partial charge in [-0.05, 0) is 12.1 Å².